The lowest BCUT2D eigenvalue weighted by Crippen LogP contribution is -2.18. The van der Waals surface area contributed by atoms with Crippen LogP contribution in [0.3, 0.4) is 0 Å². The van der Waals surface area contributed by atoms with Gasteiger partial charge >= 0.3 is 0 Å². The van der Waals surface area contributed by atoms with E-state index in [0.29, 0.717) is 11.6 Å². The van der Waals surface area contributed by atoms with Crippen molar-refractivity contribution in [2.75, 3.05) is 5.32 Å². The molecular formula is C12H18N6O. The third-order valence-electron chi connectivity index (χ3n) is 2.65. The normalized spacial score (nSPS) is 11.3. The van der Waals surface area contributed by atoms with Crippen LogP contribution >= 0.6 is 0 Å². The Morgan fingerprint density at radius 2 is 2.11 bits per heavy atom. The summed E-state index contributed by atoms with van der Waals surface area (Å²) in [5.41, 5.74) is 0. The number of H-pyrrole nitrogens is 1. The number of amides is 1. The van der Waals surface area contributed by atoms with Crippen molar-refractivity contribution in [2.45, 2.75) is 39.7 Å². The van der Waals surface area contributed by atoms with Crippen molar-refractivity contribution >= 4 is 11.7 Å². The van der Waals surface area contributed by atoms with Crippen molar-refractivity contribution in [2.24, 2.45) is 0 Å². The van der Waals surface area contributed by atoms with Crippen LogP contribution in [0.2, 0.25) is 0 Å². The molecule has 19 heavy (non-hydrogen) atoms. The Bertz CT molecular complexity index is 568. The molecule has 2 aromatic rings. The van der Waals surface area contributed by atoms with Crippen LogP contribution in [-0.4, -0.2) is 30.9 Å². The van der Waals surface area contributed by atoms with E-state index in [9.17, 15) is 4.79 Å². The minimum atomic E-state index is -0.342. The third kappa shape index (κ3) is 2.81. The highest BCUT2D eigenvalue weighted by atomic mass is 16.2. The second-order valence-corrected chi connectivity index (χ2v) is 4.91. The van der Waals surface area contributed by atoms with E-state index in [1.165, 1.54) is 0 Å². The van der Waals surface area contributed by atoms with Gasteiger partial charge in [0.25, 0.3) is 5.91 Å². The molecule has 102 valence electrons. The molecule has 0 aliphatic carbocycles. The van der Waals surface area contributed by atoms with Crippen LogP contribution < -0.4 is 5.32 Å². The average Bonchev–Trinajstić information content (AvgIpc) is 2.96. The fraction of sp³-hybridized carbons (Fsp3) is 0.500. The minimum Gasteiger partial charge on any atom is -0.304 e. The second-order valence-electron chi connectivity index (χ2n) is 4.91. The minimum absolute atomic E-state index is 0.139. The molecule has 0 saturated heterocycles. The Morgan fingerprint density at radius 3 is 2.68 bits per heavy atom. The van der Waals surface area contributed by atoms with E-state index in [1.807, 2.05) is 27.7 Å². The molecule has 0 aliphatic rings. The first-order chi connectivity index (χ1) is 8.99. The number of nitrogens with one attached hydrogen (secondary N) is 2. The summed E-state index contributed by atoms with van der Waals surface area (Å²) in [5, 5.41) is 13.6. The van der Waals surface area contributed by atoms with Gasteiger partial charge in [-0.25, -0.2) is 9.67 Å². The molecule has 2 rings (SSSR count). The van der Waals surface area contributed by atoms with Crippen LogP contribution in [0.5, 0.6) is 0 Å². The predicted octanol–water partition coefficient (Wildman–Crippen LogP) is 1.96. The summed E-state index contributed by atoms with van der Waals surface area (Å²) in [4.78, 5) is 16.2. The zero-order chi connectivity index (χ0) is 14.0. The van der Waals surface area contributed by atoms with Crippen LogP contribution in [0.4, 0.5) is 5.82 Å². The number of aromatic amines is 1. The zero-order valence-corrected chi connectivity index (χ0v) is 11.5. The summed E-state index contributed by atoms with van der Waals surface area (Å²) in [6, 6.07) is 1.91. The Kier molecular flexibility index (Phi) is 3.64. The van der Waals surface area contributed by atoms with Gasteiger partial charge in [0.2, 0.25) is 5.82 Å². The first-order valence-electron chi connectivity index (χ1n) is 6.26. The Morgan fingerprint density at radius 1 is 1.37 bits per heavy atom. The highest BCUT2D eigenvalue weighted by Crippen LogP contribution is 2.14. The smallest absolute Gasteiger partial charge is 0.296 e. The fourth-order valence-corrected chi connectivity index (χ4v) is 1.63. The maximum atomic E-state index is 12.0. The van der Waals surface area contributed by atoms with E-state index in [4.69, 9.17) is 0 Å². The van der Waals surface area contributed by atoms with Crippen molar-refractivity contribution < 1.29 is 4.79 Å². The van der Waals surface area contributed by atoms with Crippen LogP contribution in [0.25, 0.3) is 0 Å². The number of carbonyl (C=O) groups excluding carboxylic acids is 1. The number of rotatable bonds is 4. The number of carbonyl (C=O) groups is 1. The molecule has 0 aromatic carbocycles. The van der Waals surface area contributed by atoms with Gasteiger partial charge in [0.15, 0.2) is 0 Å². The molecule has 0 unspecified atom stereocenters. The summed E-state index contributed by atoms with van der Waals surface area (Å²) in [5.74, 6) is 1.33. The molecule has 2 heterocycles. The summed E-state index contributed by atoms with van der Waals surface area (Å²) in [7, 11) is 0. The van der Waals surface area contributed by atoms with E-state index in [0.717, 1.165) is 0 Å². The van der Waals surface area contributed by atoms with Gasteiger partial charge in [0, 0.05) is 18.0 Å². The molecule has 1 amide bonds. The third-order valence-corrected chi connectivity index (χ3v) is 2.65. The molecule has 0 saturated carbocycles. The Hall–Kier alpha value is -2.18. The van der Waals surface area contributed by atoms with Crippen molar-refractivity contribution in [1.82, 2.24) is 25.0 Å². The molecule has 0 radical (unpaired) electrons. The van der Waals surface area contributed by atoms with Gasteiger partial charge in [-0.3, -0.25) is 9.89 Å². The molecule has 0 fully saturated rings. The molecule has 7 heteroatoms. The topological polar surface area (TPSA) is 88.5 Å². The molecule has 0 aliphatic heterocycles. The highest BCUT2D eigenvalue weighted by molar-refractivity contribution is 6.00. The summed E-state index contributed by atoms with van der Waals surface area (Å²) < 4.78 is 1.73. The lowest BCUT2D eigenvalue weighted by molar-refractivity contribution is 0.101. The molecule has 2 N–H and O–H groups in total. The van der Waals surface area contributed by atoms with Gasteiger partial charge in [-0.05, 0) is 13.8 Å². The second kappa shape index (κ2) is 5.21. The zero-order valence-electron chi connectivity index (χ0n) is 11.5. The Labute approximate surface area is 111 Å². The van der Waals surface area contributed by atoms with Gasteiger partial charge in [0.05, 0.1) is 6.20 Å². The van der Waals surface area contributed by atoms with Gasteiger partial charge in [-0.15, -0.1) is 5.10 Å². The quantitative estimate of drug-likeness (QED) is 0.881. The van der Waals surface area contributed by atoms with Crippen molar-refractivity contribution in [3.63, 3.8) is 0 Å². The van der Waals surface area contributed by atoms with Gasteiger partial charge in [-0.1, -0.05) is 13.8 Å². The van der Waals surface area contributed by atoms with Gasteiger partial charge < -0.3 is 5.32 Å². The van der Waals surface area contributed by atoms with E-state index in [2.05, 4.69) is 25.6 Å². The van der Waals surface area contributed by atoms with Crippen LogP contribution in [0.15, 0.2) is 12.3 Å². The van der Waals surface area contributed by atoms with Gasteiger partial charge in [-0.2, -0.15) is 5.10 Å². The summed E-state index contributed by atoms with van der Waals surface area (Å²) in [6.07, 6.45) is 1.65. The molecular weight excluding hydrogens is 244 g/mol. The summed E-state index contributed by atoms with van der Waals surface area (Å²) >= 11 is 0. The monoisotopic (exact) mass is 262 g/mol. The van der Waals surface area contributed by atoms with E-state index in [1.54, 1.807) is 16.9 Å². The van der Waals surface area contributed by atoms with Crippen molar-refractivity contribution in [3.8, 4) is 0 Å². The SMILES string of the molecule is CC(C)c1nc(C(=O)Nc2ccnn2C(C)C)n[nH]1. The van der Waals surface area contributed by atoms with E-state index in [-0.39, 0.29) is 23.7 Å². The summed E-state index contributed by atoms with van der Waals surface area (Å²) in [6.45, 7) is 7.95. The lowest BCUT2D eigenvalue weighted by Gasteiger charge is -2.10. The van der Waals surface area contributed by atoms with Gasteiger partial charge in [0.1, 0.15) is 11.6 Å². The highest BCUT2D eigenvalue weighted by Gasteiger charge is 2.16. The standard InChI is InChI=1S/C12H18N6O/c1-7(2)10-15-11(17-16-10)12(19)14-9-5-6-13-18(9)8(3)4/h5-8H,1-4H3,(H,14,19)(H,15,16,17). The molecule has 0 atom stereocenters. The number of nitrogens with zero attached hydrogens (tertiary/aromatic N) is 4. The number of hydrogen-bond acceptors (Lipinski definition) is 4. The number of aromatic nitrogens is 5. The molecule has 7 nitrogen and oxygen atoms in total. The predicted molar refractivity (Wildman–Crippen MR) is 71.0 cm³/mol. The van der Waals surface area contributed by atoms with Crippen LogP contribution in [0.1, 0.15) is 56.1 Å². The largest absolute Gasteiger partial charge is 0.304 e. The fourth-order valence-electron chi connectivity index (χ4n) is 1.63. The number of anilines is 1. The van der Waals surface area contributed by atoms with Crippen LogP contribution in [0, 0.1) is 0 Å². The molecule has 0 spiro atoms. The molecule has 2 aromatic heterocycles. The number of hydrogen-bond donors (Lipinski definition) is 2. The van der Waals surface area contributed by atoms with Crippen molar-refractivity contribution in [3.05, 3.63) is 23.9 Å². The maximum Gasteiger partial charge on any atom is 0.296 e. The maximum absolute atomic E-state index is 12.0. The lowest BCUT2D eigenvalue weighted by atomic mass is 10.2. The van der Waals surface area contributed by atoms with E-state index >= 15 is 0 Å². The van der Waals surface area contributed by atoms with Crippen LogP contribution in [-0.2, 0) is 0 Å². The van der Waals surface area contributed by atoms with Crippen molar-refractivity contribution in [1.29, 1.82) is 0 Å². The first kappa shape index (κ1) is 13.3. The van der Waals surface area contributed by atoms with E-state index < -0.39 is 0 Å². The first-order valence-corrected chi connectivity index (χ1v) is 6.26. The Balaban J connectivity index is 2.14. The molecule has 0 bridgehead atoms. The average molecular weight is 262 g/mol.